The number of hydrogen-bond donors (Lipinski definition) is 1. The Hall–Kier alpha value is -1.25. The Morgan fingerprint density at radius 2 is 2.00 bits per heavy atom. The smallest absolute Gasteiger partial charge is 0.271 e. The van der Waals surface area contributed by atoms with Crippen molar-refractivity contribution < 1.29 is 0 Å². The van der Waals surface area contributed by atoms with Crippen LogP contribution in [0.1, 0.15) is 44.6 Å². The van der Waals surface area contributed by atoms with Gasteiger partial charge in [-0.05, 0) is 32.8 Å². The summed E-state index contributed by atoms with van der Waals surface area (Å²) in [6, 6.07) is 3.76. The fraction of sp³-hybridized carbons (Fsp3) is 0.615. The van der Waals surface area contributed by atoms with E-state index in [1.807, 2.05) is 25.3 Å². The highest BCUT2D eigenvalue weighted by Gasteiger charge is 2.26. The van der Waals surface area contributed by atoms with Gasteiger partial charge in [-0.2, -0.15) is 0 Å². The second kappa shape index (κ2) is 4.32. The first-order chi connectivity index (χ1) is 7.61. The van der Waals surface area contributed by atoms with Gasteiger partial charge in [-0.25, -0.2) is 4.68 Å². The number of pyridine rings is 1. The van der Waals surface area contributed by atoms with E-state index in [9.17, 15) is 4.79 Å². The zero-order chi connectivity index (χ0) is 11.6. The van der Waals surface area contributed by atoms with Gasteiger partial charge in [0.05, 0.1) is 5.54 Å². The van der Waals surface area contributed by atoms with E-state index >= 15 is 0 Å². The van der Waals surface area contributed by atoms with Gasteiger partial charge in [-0.1, -0.05) is 25.3 Å². The van der Waals surface area contributed by atoms with Gasteiger partial charge in [0.2, 0.25) is 0 Å². The third-order valence-electron chi connectivity index (χ3n) is 3.48. The molecular formula is C13H20N2O. The number of nitrogens with zero attached hydrogens (tertiary/aromatic N) is 1. The van der Waals surface area contributed by atoms with E-state index < -0.39 is 0 Å². The lowest BCUT2D eigenvalue weighted by Gasteiger charge is -2.35. The molecule has 88 valence electrons. The fourth-order valence-corrected chi connectivity index (χ4v) is 2.43. The summed E-state index contributed by atoms with van der Waals surface area (Å²) in [6.45, 7) is 4.06. The summed E-state index contributed by atoms with van der Waals surface area (Å²) in [5.74, 6) is 0. The summed E-state index contributed by atoms with van der Waals surface area (Å²) in [5, 5.41) is 0. The summed E-state index contributed by atoms with van der Waals surface area (Å²) >= 11 is 0. The average Bonchev–Trinajstić information content (AvgIpc) is 2.26. The molecule has 0 radical (unpaired) electrons. The molecule has 1 aromatic heterocycles. The third-order valence-corrected chi connectivity index (χ3v) is 3.48. The van der Waals surface area contributed by atoms with E-state index in [2.05, 4.69) is 12.3 Å². The first-order valence-electron chi connectivity index (χ1n) is 6.07. The molecule has 1 aliphatic rings. The Bertz CT molecular complexity index is 416. The zero-order valence-electron chi connectivity index (χ0n) is 10.1. The van der Waals surface area contributed by atoms with Crippen LogP contribution in [0.3, 0.4) is 0 Å². The topological polar surface area (TPSA) is 34.0 Å². The Morgan fingerprint density at radius 3 is 2.69 bits per heavy atom. The molecule has 1 aromatic rings. The van der Waals surface area contributed by atoms with Gasteiger partial charge in [0.1, 0.15) is 0 Å². The largest absolute Gasteiger partial charge is 0.317 e. The number of rotatable bonds is 2. The molecule has 0 amide bonds. The van der Waals surface area contributed by atoms with Gasteiger partial charge < -0.3 is 5.43 Å². The van der Waals surface area contributed by atoms with Crippen LogP contribution in [-0.2, 0) is 0 Å². The van der Waals surface area contributed by atoms with Crippen LogP contribution in [0, 0.1) is 6.92 Å². The molecular weight excluding hydrogens is 200 g/mol. The summed E-state index contributed by atoms with van der Waals surface area (Å²) < 4.78 is 1.64. The highest BCUT2D eigenvalue weighted by atomic mass is 16.1. The van der Waals surface area contributed by atoms with Crippen molar-refractivity contribution in [1.29, 1.82) is 0 Å². The van der Waals surface area contributed by atoms with Crippen LogP contribution < -0.4 is 11.0 Å². The molecule has 0 unspecified atom stereocenters. The van der Waals surface area contributed by atoms with Crippen molar-refractivity contribution in [3.8, 4) is 0 Å². The van der Waals surface area contributed by atoms with Crippen molar-refractivity contribution >= 4 is 0 Å². The molecule has 2 rings (SSSR count). The van der Waals surface area contributed by atoms with Crippen molar-refractivity contribution in [2.45, 2.75) is 51.5 Å². The van der Waals surface area contributed by atoms with Gasteiger partial charge >= 0.3 is 0 Å². The molecule has 3 nitrogen and oxygen atoms in total. The van der Waals surface area contributed by atoms with Crippen LogP contribution in [0.25, 0.3) is 0 Å². The second-order valence-electron chi connectivity index (χ2n) is 5.10. The van der Waals surface area contributed by atoms with Crippen LogP contribution in [0.4, 0.5) is 0 Å². The van der Waals surface area contributed by atoms with Crippen molar-refractivity contribution in [2.24, 2.45) is 0 Å². The minimum Gasteiger partial charge on any atom is -0.317 e. The van der Waals surface area contributed by atoms with Crippen molar-refractivity contribution in [1.82, 2.24) is 4.68 Å². The van der Waals surface area contributed by atoms with Gasteiger partial charge in [-0.15, -0.1) is 0 Å². The van der Waals surface area contributed by atoms with Gasteiger partial charge in [0.15, 0.2) is 0 Å². The molecule has 1 heterocycles. The fourth-order valence-electron chi connectivity index (χ4n) is 2.43. The van der Waals surface area contributed by atoms with E-state index in [0.29, 0.717) is 0 Å². The van der Waals surface area contributed by atoms with E-state index in [4.69, 9.17) is 0 Å². The Kier molecular flexibility index (Phi) is 3.03. The Balaban J connectivity index is 2.20. The maximum Gasteiger partial charge on any atom is 0.271 e. The molecule has 1 saturated carbocycles. The first-order valence-corrected chi connectivity index (χ1v) is 6.07. The molecule has 0 atom stereocenters. The lowest BCUT2D eigenvalue weighted by Crippen LogP contribution is -2.46. The SMILES string of the molecule is Cc1cccn(NC2(C)CCCCC2)c1=O. The maximum absolute atomic E-state index is 11.9. The summed E-state index contributed by atoms with van der Waals surface area (Å²) in [6.07, 6.45) is 7.93. The lowest BCUT2D eigenvalue weighted by molar-refractivity contribution is 0.322. The molecule has 0 aromatic carbocycles. The normalized spacial score (nSPS) is 19.4. The molecule has 1 N–H and O–H groups in total. The number of aromatic nitrogens is 1. The van der Waals surface area contributed by atoms with Crippen LogP contribution >= 0.6 is 0 Å². The van der Waals surface area contributed by atoms with E-state index in [0.717, 1.165) is 18.4 Å². The predicted molar refractivity (Wildman–Crippen MR) is 66.3 cm³/mol. The number of nitrogens with one attached hydrogen (secondary N) is 1. The summed E-state index contributed by atoms with van der Waals surface area (Å²) in [7, 11) is 0. The Morgan fingerprint density at radius 1 is 1.31 bits per heavy atom. The van der Waals surface area contributed by atoms with Gasteiger partial charge in [0.25, 0.3) is 5.56 Å². The molecule has 0 saturated heterocycles. The maximum atomic E-state index is 11.9. The highest BCUT2D eigenvalue weighted by molar-refractivity contribution is 5.10. The van der Waals surface area contributed by atoms with Crippen LogP contribution in [0.2, 0.25) is 0 Å². The highest BCUT2D eigenvalue weighted by Crippen LogP contribution is 2.28. The van der Waals surface area contributed by atoms with Crippen LogP contribution in [0.5, 0.6) is 0 Å². The van der Waals surface area contributed by atoms with Crippen LogP contribution in [0.15, 0.2) is 23.1 Å². The van der Waals surface area contributed by atoms with Crippen molar-refractivity contribution in [2.75, 3.05) is 5.43 Å². The zero-order valence-corrected chi connectivity index (χ0v) is 10.1. The van der Waals surface area contributed by atoms with Gasteiger partial charge in [-0.3, -0.25) is 4.79 Å². The predicted octanol–water partition coefficient (Wildman–Crippen LogP) is 2.42. The molecule has 1 aliphatic carbocycles. The number of aryl methyl sites for hydroxylation is 1. The molecule has 0 aliphatic heterocycles. The standard InChI is InChI=1S/C13H20N2O/c1-11-7-6-10-15(12(11)16)14-13(2)8-4-3-5-9-13/h6-7,10,14H,3-5,8-9H2,1-2H3. The molecule has 0 spiro atoms. The van der Waals surface area contributed by atoms with E-state index in [1.165, 1.54) is 19.3 Å². The minimum absolute atomic E-state index is 0.0642. The van der Waals surface area contributed by atoms with Gasteiger partial charge in [0, 0.05) is 11.8 Å². The second-order valence-corrected chi connectivity index (χ2v) is 5.10. The summed E-state index contributed by atoms with van der Waals surface area (Å²) in [5.41, 5.74) is 4.30. The van der Waals surface area contributed by atoms with E-state index in [1.54, 1.807) is 4.68 Å². The third kappa shape index (κ3) is 2.29. The summed E-state index contributed by atoms with van der Waals surface area (Å²) in [4.78, 5) is 11.9. The quantitative estimate of drug-likeness (QED) is 0.830. The first kappa shape index (κ1) is 11.2. The molecule has 0 bridgehead atoms. The van der Waals surface area contributed by atoms with E-state index in [-0.39, 0.29) is 11.1 Å². The molecule has 1 fully saturated rings. The minimum atomic E-state index is 0.0642. The number of hydrogen-bond acceptors (Lipinski definition) is 2. The Labute approximate surface area is 96.5 Å². The lowest BCUT2D eigenvalue weighted by atomic mass is 9.84. The van der Waals surface area contributed by atoms with Crippen molar-refractivity contribution in [3.05, 3.63) is 34.2 Å². The monoisotopic (exact) mass is 220 g/mol. The molecule has 16 heavy (non-hydrogen) atoms. The van der Waals surface area contributed by atoms with Crippen molar-refractivity contribution in [3.63, 3.8) is 0 Å². The average molecular weight is 220 g/mol. The molecule has 3 heteroatoms. The van der Waals surface area contributed by atoms with Crippen LogP contribution in [-0.4, -0.2) is 10.2 Å².